The van der Waals surface area contributed by atoms with Gasteiger partial charge >= 0.3 is 5.97 Å². The topological polar surface area (TPSA) is 66.2 Å². The fourth-order valence-electron chi connectivity index (χ4n) is 1.71. The van der Waals surface area contributed by atoms with Gasteiger partial charge in [0.15, 0.2) is 0 Å². The summed E-state index contributed by atoms with van der Waals surface area (Å²) in [6, 6.07) is 5.54. The van der Waals surface area contributed by atoms with E-state index in [0.29, 0.717) is 24.5 Å². The zero-order valence-electron chi connectivity index (χ0n) is 10.9. The van der Waals surface area contributed by atoms with E-state index < -0.39 is 0 Å². The molecule has 0 aliphatic heterocycles. The van der Waals surface area contributed by atoms with Gasteiger partial charge in [-0.1, -0.05) is 6.92 Å². The van der Waals surface area contributed by atoms with Crippen molar-refractivity contribution in [1.82, 2.24) is 4.98 Å². The molecule has 0 amide bonds. The number of ether oxygens (including phenoxy) is 1. The highest BCUT2D eigenvalue weighted by atomic mass is 16.5. The number of nitriles is 1. The van der Waals surface area contributed by atoms with Crippen LogP contribution in [0.15, 0.2) is 18.3 Å². The number of aromatic nitrogens is 1. The summed E-state index contributed by atoms with van der Waals surface area (Å²) in [4.78, 5) is 17.5. The van der Waals surface area contributed by atoms with E-state index in [4.69, 9.17) is 10.00 Å². The molecule has 0 aliphatic carbocycles. The molecule has 1 heterocycles. The second-order valence-electron chi connectivity index (χ2n) is 3.95. The van der Waals surface area contributed by atoms with E-state index >= 15 is 0 Å². The first-order valence-corrected chi connectivity index (χ1v) is 5.81. The van der Waals surface area contributed by atoms with Crippen molar-refractivity contribution in [2.45, 2.75) is 13.8 Å². The predicted octanol–water partition coefficient (Wildman–Crippen LogP) is 1.59. The Morgan fingerprint density at radius 1 is 1.67 bits per heavy atom. The van der Waals surface area contributed by atoms with Gasteiger partial charge in [0.2, 0.25) is 0 Å². The van der Waals surface area contributed by atoms with Crippen molar-refractivity contribution in [3.8, 4) is 6.07 Å². The molecule has 0 radical (unpaired) electrons. The summed E-state index contributed by atoms with van der Waals surface area (Å²) in [7, 11) is 1.37. The molecule has 1 aromatic rings. The Kier molecular flexibility index (Phi) is 5.12. The van der Waals surface area contributed by atoms with E-state index in [9.17, 15) is 4.79 Å². The number of carbonyl (C=O) groups excluding carboxylic acids is 1. The first-order chi connectivity index (χ1) is 8.63. The van der Waals surface area contributed by atoms with E-state index in [1.165, 1.54) is 7.11 Å². The summed E-state index contributed by atoms with van der Waals surface area (Å²) in [6.07, 6.45) is 1.64. The van der Waals surface area contributed by atoms with Gasteiger partial charge in [-0.25, -0.2) is 4.98 Å². The maximum absolute atomic E-state index is 11.4. The van der Waals surface area contributed by atoms with Crippen LogP contribution in [0.25, 0.3) is 0 Å². The number of hydrogen-bond donors (Lipinski definition) is 0. The number of carbonyl (C=O) groups is 1. The average Bonchev–Trinajstić information content (AvgIpc) is 2.43. The Bertz CT molecular complexity index is 454. The molecule has 18 heavy (non-hydrogen) atoms. The highest BCUT2D eigenvalue weighted by Gasteiger charge is 2.19. The SMILES string of the molecule is CCN(CC(C)C(=O)OC)c1ncccc1C#N. The highest BCUT2D eigenvalue weighted by Crippen LogP contribution is 2.17. The van der Waals surface area contributed by atoms with Gasteiger partial charge in [0.05, 0.1) is 18.6 Å². The average molecular weight is 247 g/mol. The summed E-state index contributed by atoms with van der Waals surface area (Å²) in [5.74, 6) is 0.0876. The van der Waals surface area contributed by atoms with E-state index in [1.807, 2.05) is 11.8 Å². The molecule has 1 unspecified atom stereocenters. The number of anilines is 1. The summed E-state index contributed by atoms with van der Waals surface area (Å²) in [5.41, 5.74) is 0.511. The van der Waals surface area contributed by atoms with Crippen LogP contribution in [0.2, 0.25) is 0 Å². The minimum absolute atomic E-state index is 0.261. The Morgan fingerprint density at radius 2 is 2.39 bits per heavy atom. The fourth-order valence-corrected chi connectivity index (χ4v) is 1.71. The molecule has 96 valence electrons. The normalized spacial score (nSPS) is 11.4. The summed E-state index contributed by atoms with van der Waals surface area (Å²) in [6.45, 7) is 4.91. The predicted molar refractivity (Wildman–Crippen MR) is 68.0 cm³/mol. The molecule has 0 bridgehead atoms. The minimum Gasteiger partial charge on any atom is -0.469 e. The van der Waals surface area contributed by atoms with Gasteiger partial charge in [-0.2, -0.15) is 5.26 Å². The Balaban J connectivity index is 2.90. The molecule has 0 saturated carbocycles. The maximum atomic E-state index is 11.4. The molecule has 0 spiro atoms. The number of esters is 1. The van der Waals surface area contributed by atoms with Crippen molar-refractivity contribution < 1.29 is 9.53 Å². The van der Waals surface area contributed by atoms with E-state index in [2.05, 4.69) is 11.1 Å². The molecule has 1 atom stereocenters. The summed E-state index contributed by atoms with van der Waals surface area (Å²) < 4.78 is 4.70. The molecule has 0 N–H and O–H groups in total. The van der Waals surface area contributed by atoms with E-state index in [0.717, 1.165) is 0 Å². The van der Waals surface area contributed by atoms with Crippen molar-refractivity contribution in [2.24, 2.45) is 5.92 Å². The monoisotopic (exact) mass is 247 g/mol. The van der Waals surface area contributed by atoms with Crippen molar-refractivity contribution in [3.05, 3.63) is 23.9 Å². The lowest BCUT2D eigenvalue weighted by Gasteiger charge is -2.25. The van der Waals surface area contributed by atoms with Crippen molar-refractivity contribution in [3.63, 3.8) is 0 Å². The zero-order chi connectivity index (χ0) is 13.5. The molecule has 5 heteroatoms. The molecule has 0 aromatic carbocycles. The Labute approximate surface area is 107 Å². The lowest BCUT2D eigenvalue weighted by atomic mass is 10.1. The largest absolute Gasteiger partial charge is 0.469 e. The Morgan fingerprint density at radius 3 is 2.94 bits per heavy atom. The van der Waals surface area contributed by atoms with E-state index in [1.54, 1.807) is 25.3 Å². The summed E-state index contributed by atoms with van der Waals surface area (Å²) >= 11 is 0. The van der Waals surface area contributed by atoms with E-state index in [-0.39, 0.29) is 11.9 Å². The second kappa shape index (κ2) is 6.60. The number of hydrogen-bond acceptors (Lipinski definition) is 5. The van der Waals surface area contributed by atoms with Crippen LogP contribution in [0.5, 0.6) is 0 Å². The number of methoxy groups -OCH3 is 1. The van der Waals surface area contributed by atoms with Crippen LogP contribution in [0.3, 0.4) is 0 Å². The fraction of sp³-hybridized carbons (Fsp3) is 0.462. The van der Waals surface area contributed by atoms with Gasteiger partial charge in [-0.15, -0.1) is 0 Å². The minimum atomic E-state index is -0.261. The second-order valence-corrected chi connectivity index (χ2v) is 3.95. The first-order valence-electron chi connectivity index (χ1n) is 5.81. The number of nitrogens with zero attached hydrogens (tertiary/aromatic N) is 3. The third kappa shape index (κ3) is 3.20. The van der Waals surface area contributed by atoms with Crippen LogP contribution in [0.1, 0.15) is 19.4 Å². The molecular weight excluding hydrogens is 230 g/mol. The van der Waals surface area contributed by atoms with Crippen LogP contribution in [0.4, 0.5) is 5.82 Å². The van der Waals surface area contributed by atoms with Gasteiger partial charge in [-0.3, -0.25) is 4.79 Å². The van der Waals surface area contributed by atoms with Gasteiger partial charge < -0.3 is 9.64 Å². The standard InChI is InChI=1S/C13H17N3O2/c1-4-16(9-10(2)13(17)18-3)12-11(8-14)6-5-7-15-12/h5-7,10H,4,9H2,1-3H3. The van der Waals surface area contributed by atoms with Crippen LogP contribution >= 0.6 is 0 Å². The Hall–Kier alpha value is -2.09. The van der Waals surface area contributed by atoms with Crippen LogP contribution in [-0.4, -0.2) is 31.2 Å². The molecule has 1 aromatic heterocycles. The van der Waals surface area contributed by atoms with Gasteiger partial charge in [0, 0.05) is 19.3 Å². The smallest absolute Gasteiger partial charge is 0.310 e. The molecule has 0 fully saturated rings. The highest BCUT2D eigenvalue weighted by molar-refractivity contribution is 5.72. The quantitative estimate of drug-likeness (QED) is 0.739. The molecular formula is C13H17N3O2. The lowest BCUT2D eigenvalue weighted by molar-refractivity contribution is -0.144. The van der Waals surface area contributed by atoms with Crippen molar-refractivity contribution in [2.75, 3.05) is 25.1 Å². The van der Waals surface area contributed by atoms with Crippen LogP contribution in [-0.2, 0) is 9.53 Å². The van der Waals surface area contributed by atoms with Crippen LogP contribution < -0.4 is 4.90 Å². The molecule has 0 aliphatic rings. The first kappa shape index (κ1) is 14.0. The summed E-state index contributed by atoms with van der Waals surface area (Å²) in [5, 5.41) is 9.04. The number of pyridine rings is 1. The third-order valence-electron chi connectivity index (χ3n) is 2.69. The number of rotatable bonds is 5. The zero-order valence-corrected chi connectivity index (χ0v) is 10.9. The van der Waals surface area contributed by atoms with Crippen molar-refractivity contribution in [1.29, 1.82) is 5.26 Å². The van der Waals surface area contributed by atoms with Gasteiger partial charge in [0.1, 0.15) is 11.9 Å². The third-order valence-corrected chi connectivity index (χ3v) is 2.69. The molecule has 5 nitrogen and oxygen atoms in total. The van der Waals surface area contributed by atoms with Gasteiger partial charge in [0.25, 0.3) is 0 Å². The van der Waals surface area contributed by atoms with Crippen LogP contribution in [0, 0.1) is 17.2 Å². The molecule has 1 rings (SSSR count). The molecule has 0 saturated heterocycles. The van der Waals surface area contributed by atoms with Gasteiger partial charge in [-0.05, 0) is 19.1 Å². The lowest BCUT2D eigenvalue weighted by Crippen LogP contribution is -2.33. The van der Waals surface area contributed by atoms with Crippen molar-refractivity contribution >= 4 is 11.8 Å². The maximum Gasteiger partial charge on any atom is 0.310 e.